The minimum absolute atomic E-state index is 0.181. The van der Waals surface area contributed by atoms with E-state index in [-0.39, 0.29) is 12.0 Å². The van der Waals surface area contributed by atoms with Crippen LogP contribution in [0.15, 0.2) is 0 Å². The fourth-order valence-electron chi connectivity index (χ4n) is 2.45. The van der Waals surface area contributed by atoms with Gasteiger partial charge in [0.05, 0.1) is 6.61 Å². The van der Waals surface area contributed by atoms with Crippen LogP contribution in [0.3, 0.4) is 0 Å². The van der Waals surface area contributed by atoms with Gasteiger partial charge in [-0.05, 0) is 38.3 Å². The molecule has 0 aliphatic carbocycles. The van der Waals surface area contributed by atoms with E-state index >= 15 is 0 Å². The first kappa shape index (κ1) is 17.8. The second kappa shape index (κ2) is 8.29. The standard InChI is InChI=1S/C13H29N3O3S/c1-11(2)13(10-19-4)15-20(17,18)16-7-5-12(6-8-16)9-14-3/h11-15H,5-10H2,1-4H3. The van der Waals surface area contributed by atoms with Crippen LogP contribution in [0, 0.1) is 11.8 Å². The van der Waals surface area contributed by atoms with Crippen LogP contribution in [-0.4, -0.2) is 59.2 Å². The van der Waals surface area contributed by atoms with E-state index in [1.165, 1.54) is 0 Å². The minimum atomic E-state index is -3.41. The summed E-state index contributed by atoms with van der Waals surface area (Å²) in [5, 5.41) is 3.15. The summed E-state index contributed by atoms with van der Waals surface area (Å²) in [6.07, 6.45) is 1.83. The van der Waals surface area contributed by atoms with Crippen LogP contribution in [0.2, 0.25) is 0 Å². The highest BCUT2D eigenvalue weighted by molar-refractivity contribution is 7.87. The SMILES string of the molecule is CNCC1CCN(S(=O)(=O)NC(COC)C(C)C)CC1. The summed E-state index contributed by atoms with van der Waals surface area (Å²) in [5.41, 5.74) is 0. The number of hydrogen-bond acceptors (Lipinski definition) is 4. The Balaban J connectivity index is 2.56. The Kier molecular flexibility index (Phi) is 7.39. The molecule has 0 spiro atoms. The smallest absolute Gasteiger partial charge is 0.279 e. The van der Waals surface area contributed by atoms with Crippen LogP contribution < -0.4 is 10.0 Å². The second-order valence-electron chi connectivity index (χ2n) is 5.83. The first-order chi connectivity index (χ1) is 9.40. The van der Waals surface area contributed by atoms with Gasteiger partial charge in [0.25, 0.3) is 10.2 Å². The first-order valence-electron chi connectivity index (χ1n) is 7.31. The van der Waals surface area contributed by atoms with Crippen molar-refractivity contribution in [2.45, 2.75) is 32.7 Å². The maximum Gasteiger partial charge on any atom is 0.279 e. The highest BCUT2D eigenvalue weighted by Gasteiger charge is 2.30. The third-order valence-corrected chi connectivity index (χ3v) is 5.50. The molecule has 0 radical (unpaired) electrons. The third-order valence-electron chi connectivity index (χ3n) is 3.86. The molecule has 1 fully saturated rings. The van der Waals surface area contributed by atoms with Crippen molar-refractivity contribution in [1.82, 2.24) is 14.3 Å². The lowest BCUT2D eigenvalue weighted by Gasteiger charge is -2.33. The number of ether oxygens (including phenoxy) is 1. The van der Waals surface area contributed by atoms with E-state index < -0.39 is 10.2 Å². The van der Waals surface area contributed by atoms with Crippen LogP contribution in [0.25, 0.3) is 0 Å². The van der Waals surface area contributed by atoms with Crippen molar-refractivity contribution < 1.29 is 13.2 Å². The van der Waals surface area contributed by atoms with Crippen molar-refractivity contribution in [3.05, 3.63) is 0 Å². The predicted octanol–water partition coefficient (Wildman–Crippen LogP) is 0.423. The topological polar surface area (TPSA) is 70.7 Å². The van der Waals surface area contributed by atoms with Crippen molar-refractivity contribution in [1.29, 1.82) is 0 Å². The van der Waals surface area contributed by atoms with Crippen LogP contribution in [-0.2, 0) is 14.9 Å². The molecule has 120 valence electrons. The molecule has 1 aliphatic rings. The van der Waals surface area contributed by atoms with Crippen molar-refractivity contribution in [2.24, 2.45) is 11.8 Å². The maximum atomic E-state index is 12.4. The van der Waals surface area contributed by atoms with E-state index in [4.69, 9.17) is 4.74 Å². The minimum Gasteiger partial charge on any atom is -0.383 e. The predicted molar refractivity (Wildman–Crippen MR) is 80.8 cm³/mol. The molecule has 0 aromatic heterocycles. The van der Waals surface area contributed by atoms with Gasteiger partial charge in [0, 0.05) is 26.2 Å². The van der Waals surface area contributed by atoms with Crippen LogP contribution in [0.5, 0.6) is 0 Å². The summed E-state index contributed by atoms with van der Waals surface area (Å²) in [7, 11) is 0.118. The zero-order chi connectivity index (χ0) is 15.2. The van der Waals surface area contributed by atoms with Gasteiger partial charge < -0.3 is 10.1 Å². The molecular formula is C13H29N3O3S. The summed E-state index contributed by atoms with van der Waals surface area (Å²) in [5.74, 6) is 0.776. The molecule has 0 amide bonds. The van der Waals surface area contributed by atoms with E-state index in [1.807, 2.05) is 20.9 Å². The fraction of sp³-hybridized carbons (Fsp3) is 1.00. The molecule has 1 unspecified atom stereocenters. The molecule has 1 rings (SSSR count). The number of nitrogens with zero attached hydrogens (tertiary/aromatic N) is 1. The number of nitrogens with one attached hydrogen (secondary N) is 2. The van der Waals surface area contributed by atoms with Gasteiger partial charge in [0.2, 0.25) is 0 Å². The van der Waals surface area contributed by atoms with E-state index in [0.29, 0.717) is 25.6 Å². The van der Waals surface area contributed by atoms with Gasteiger partial charge in [-0.15, -0.1) is 0 Å². The molecule has 1 heterocycles. The van der Waals surface area contributed by atoms with Crippen molar-refractivity contribution in [3.8, 4) is 0 Å². The molecule has 7 heteroatoms. The van der Waals surface area contributed by atoms with Crippen molar-refractivity contribution in [2.75, 3.05) is 40.4 Å². The normalized spacial score (nSPS) is 20.4. The average Bonchev–Trinajstić information content (AvgIpc) is 2.39. The van der Waals surface area contributed by atoms with Gasteiger partial charge in [-0.3, -0.25) is 0 Å². The zero-order valence-corrected chi connectivity index (χ0v) is 13.9. The fourth-order valence-corrected chi connectivity index (χ4v) is 4.01. The van der Waals surface area contributed by atoms with Gasteiger partial charge >= 0.3 is 0 Å². The van der Waals surface area contributed by atoms with Gasteiger partial charge in [-0.25, -0.2) is 0 Å². The molecular weight excluding hydrogens is 278 g/mol. The first-order valence-corrected chi connectivity index (χ1v) is 8.75. The van der Waals surface area contributed by atoms with E-state index in [1.54, 1.807) is 11.4 Å². The molecule has 2 N–H and O–H groups in total. The number of rotatable bonds is 8. The van der Waals surface area contributed by atoms with Crippen molar-refractivity contribution in [3.63, 3.8) is 0 Å². The average molecular weight is 307 g/mol. The van der Waals surface area contributed by atoms with Crippen molar-refractivity contribution >= 4 is 10.2 Å². The molecule has 1 saturated heterocycles. The summed E-state index contributed by atoms with van der Waals surface area (Å²) < 4.78 is 34.2. The monoisotopic (exact) mass is 307 g/mol. The van der Waals surface area contributed by atoms with Crippen LogP contribution >= 0.6 is 0 Å². The molecule has 1 aliphatic heterocycles. The largest absolute Gasteiger partial charge is 0.383 e. The van der Waals surface area contributed by atoms with Gasteiger partial charge in [-0.2, -0.15) is 17.4 Å². The van der Waals surface area contributed by atoms with Gasteiger partial charge in [0.1, 0.15) is 0 Å². The second-order valence-corrected chi connectivity index (χ2v) is 7.53. The molecule has 1 atom stereocenters. The highest BCUT2D eigenvalue weighted by atomic mass is 32.2. The molecule has 0 aromatic rings. The maximum absolute atomic E-state index is 12.4. The zero-order valence-electron chi connectivity index (χ0n) is 13.1. The lowest BCUT2D eigenvalue weighted by molar-refractivity contribution is 0.155. The van der Waals surface area contributed by atoms with E-state index in [0.717, 1.165) is 19.4 Å². The Morgan fingerprint density at radius 2 is 1.90 bits per heavy atom. The molecule has 20 heavy (non-hydrogen) atoms. The highest BCUT2D eigenvalue weighted by Crippen LogP contribution is 2.19. The van der Waals surface area contributed by atoms with E-state index in [9.17, 15) is 8.42 Å². The number of hydrogen-bond donors (Lipinski definition) is 2. The summed E-state index contributed by atoms with van der Waals surface area (Å²) in [6.45, 7) is 6.53. The van der Waals surface area contributed by atoms with Crippen LogP contribution in [0.4, 0.5) is 0 Å². The molecule has 6 nitrogen and oxygen atoms in total. The van der Waals surface area contributed by atoms with E-state index in [2.05, 4.69) is 10.0 Å². The third kappa shape index (κ3) is 5.29. The Morgan fingerprint density at radius 3 is 2.35 bits per heavy atom. The number of methoxy groups -OCH3 is 1. The molecule has 0 aromatic carbocycles. The van der Waals surface area contributed by atoms with Gasteiger partial charge in [-0.1, -0.05) is 13.8 Å². The molecule has 0 saturated carbocycles. The van der Waals surface area contributed by atoms with Gasteiger partial charge in [0.15, 0.2) is 0 Å². The quantitative estimate of drug-likeness (QED) is 0.682. The summed E-state index contributed by atoms with van der Waals surface area (Å²) in [4.78, 5) is 0. The molecule has 0 bridgehead atoms. The Hall–Kier alpha value is -0.210. The van der Waals surface area contributed by atoms with Crippen LogP contribution in [0.1, 0.15) is 26.7 Å². The lowest BCUT2D eigenvalue weighted by atomic mass is 9.98. The Morgan fingerprint density at radius 1 is 1.30 bits per heavy atom. The number of piperidine rings is 1. The Bertz CT molecular complexity index is 365. The summed E-state index contributed by atoms with van der Waals surface area (Å²) >= 11 is 0. The summed E-state index contributed by atoms with van der Waals surface area (Å²) in [6, 6.07) is -0.181. The Labute approximate surface area is 123 Å². The lowest BCUT2D eigenvalue weighted by Crippen LogP contribution is -2.51.